The summed E-state index contributed by atoms with van der Waals surface area (Å²) in [6.07, 6.45) is -2.08. The second-order valence-corrected chi connectivity index (χ2v) is 8.94. The monoisotopic (exact) mass is 516 g/mol. The number of carbonyl (C=O) groups is 1. The number of nitrogens with one attached hydrogen (secondary N) is 1. The quantitative estimate of drug-likeness (QED) is 0.281. The van der Waals surface area contributed by atoms with Gasteiger partial charge in [0.05, 0.1) is 17.0 Å². The van der Waals surface area contributed by atoms with Crippen LogP contribution in [0, 0.1) is 6.92 Å². The van der Waals surface area contributed by atoms with E-state index in [1.54, 1.807) is 19.1 Å². The van der Waals surface area contributed by atoms with E-state index in [4.69, 9.17) is 5.11 Å². The number of alkyl halides is 3. The van der Waals surface area contributed by atoms with Crippen LogP contribution in [0.1, 0.15) is 32.2 Å². The highest BCUT2D eigenvalue weighted by Gasteiger charge is 2.35. The highest BCUT2D eigenvalue weighted by atomic mass is 32.1. The molecule has 4 rings (SSSR count). The van der Waals surface area contributed by atoms with Crippen LogP contribution in [0.25, 0.3) is 10.4 Å². The summed E-state index contributed by atoms with van der Waals surface area (Å²) in [6.45, 7) is 1.11. The lowest BCUT2D eigenvalue weighted by Crippen LogP contribution is -2.31. The van der Waals surface area contributed by atoms with E-state index in [0.717, 1.165) is 29.2 Å². The van der Waals surface area contributed by atoms with Gasteiger partial charge >= 0.3 is 12.1 Å². The number of carboxylic acid groups (broad SMARTS) is 1. The second-order valence-electron chi connectivity index (χ2n) is 7.91. The third-order valence-electron chi connectivity index (χ3n) is 5.26. The number of hydrogen-bond acceptors (Lipinski definition) is 8. The van der Waals surface area contributed by atoms with Crippen molar-refractivity contribution in [2.75, 3.05) is 11.9 Å². The number of benzene rings is 2. The molecule has 0 aliphatic carbocycles. The Balaban J connectivity index is 1.64. The third kappa shape index (κ3) is 5.20. The Bertz CT molecular complexity index is 1410. The summed E-state index contributed by atoms with van der Waals surface area (Å²) in [5, 5.41) is 33.2. The van der Waals surface area contributed by atoms with Gasteiger partial charge in [-0.3, -0.25) is 0 Å². The molecule has 1 atom stereocenters. The van der Waals surface area contributed by atoms with Crippen molar-refractivity contribution in [3.63, 3.8) is 0 Å². The molecule has 4 N–H and O–H groups in total. The molecule has 0 spiro atoms. The van der Waals surface area contributed by atoms with Crippen LogP contribution in [0.5, 0.6) is 0 Å². The maximum atomic E-state index is 13.0. The normalized spacial score (nSPS) is 13.3. The molecule has 0 aliphatic rings. The zero-order valence-corrected chi connectivity index (χ0v) is 19.4. The van der Waals surface area contributed by atoms with Gasteiger partial charge in [-0.15, -0.1) is 11.3 Å². The molecule has 0 radical (unpaired) electrons. The molecule has 0 unspecified atom stereocenters. The van der Waals surface area contributed by atoms with Gasteiger partial charge in [0.25, 0.3) is 0 Å². The molecule has 0 fully saturated rings. The van der Waals surface area contributed by atoms with Crippen molar-refractivity contribution >= 4 is 28.9 Å². The summed E-state index contributed by atoms with van der Waals surface area (Å²) in [6, 6.07) is 11.5. The van der Waals surface area contributed by atoms with Crippen molar-refractivity contribution in [3.05, 3.63) is 88.3 Å². The van der Waals surface area contributed by atoms with Crippen molar-refractivity contribution in [1.82, 2.24) is 15.0 Å². The second kappa shape index (κ2) is 9.64. The number of aliphatic hydroxyl groups excluding tert-OH is 1. The molecule has 186 valence electrons. The number of rotatable bonds is 7. The third-order valence-corrected chi connectivity index (χ3v) is 6.46. The summed E-state index contributed by atoms with van der Waals surface area (Å²) in [4.78, 5) is 23.4. The molecule has 12 heteroatoms. The van der Waals surface area contributed by atoms with Gasteiger partial charge in [0.2, 0.25) is 5.95 Å². The van der Waals surface area contributed by atoms with Crippen LogP contribution >= 0.6 is 11.3 Å². The number of halogens is 3. The lowest BCUT2D eigenvalue weighted by atomic mass is 9.94. The summed E-state index contributed by atoms with van der Waals surface area (Å²) >= 11 is 1.11. The first-order valence-electron chi connectivity index (χ1n) is 10.4. The summed E-state index contributed by atoms with van der Waals surface area (Å²) < 4.78 is 38.9. The fourth-order valence-corrected chi connectivity index (χ4v) is 4.48. The number of aromatic carboxylic acids is 1. The fourth-order valence-electron chi connectivity index (χ4n) is 3.47. The highest BCUT2D eigenvalue weighted by Crippen LogP contribution is 2.37. The molecule has 0 aliphatic heterocycles. The van der Waals surface area contributed by atoms with E-state index >= 15 is 0 Å². The Labute approximate surface area is 206 Å². The number of hydrogen-bond donors (Lipinski definition) is 4. The average Bonchev–Trinajstić information content (AvgIpc) is 3.34. The SMILES string of the molecule is Cc1cc(Nc2nccc(C(F)(F)F)n2)cc(-c2cnc([C@](O)(CO)c3ccc(C(=O)O)cc3)s2)c1. The molecule has 4 aromatic rings. The molecular weight excluding hydrogens is 497 g/mol. The van der Waals surface area contributed by atoms with E-state index in [1.807, 2.05) is 6.07 Å². The Hall–Kier alpha value is -3.87. The van der Waals surface area contributed by atoms with Crippen molar-refractivity contribution in [2.45, 2.75) is 18.7 Å². The lowest BCUT2D eigenvalue weighted by molar-refractivity contribution is -0.141. The Morgan fingerprint density at radius 3 is 2.44 bits per heavy atom. The summed E-state index contributed by atoms with van der Waals surface area (Å²) in [5.41, 5.74) is -0.738. The maximum absolute atomic E-state index is 13.0. The Morgan fingerprint density at radius 2 is 1.81 bits per heavy atom. The predicted molar refractivity (Wildman–Crippen MR) is 126 cm³/mol. The van der Waals surface area contributed by atoms with Crippen LogP contribution in [0.2, 0.25) is 0 Å². The largest absolute Gasteiger partial charge is 0.478 e. The van der Waals surface area contributed by atoms with Gasteiger partial charge in [-0.2, -0.15) is 13.2 Å². The molecule has 2 heterocycles. The smallest absolute Gasteiger partial charge is 0.433 e. The van der Waals surface area contributed by atoms with Crippen LogP contribution in [-0.2, 0) is 11.8 Å². The molecule has 2 aromatic carbocycles. The zero-order valence-electron chi connectivity index (χ0n) is 18.6. The highest BCUT2D eigenvalue weighted by molar-refractivity contribution is 7.15. The Kier molecular flexibility index (Phi) is 6.76. The molecule has 36 heavy (non-hydrogen) atoms. The molecule has 2 aromatic heterocycles. The van der Waals surface area contributed by atoms with Gasteiger partial charge in [0, 0.05) is 18.1 Å². The van der Waals surface area contributed by atoms with Gasteiger partial charge in [-0.25, -0.2) is 19.7 Å². The van der Waals surface area contributed by atoms with Crippen molar-refractivity contribution in [2.24, 2.45) is 0 Å². The van der Waals surface area contributed by atoms with Crippen LogP contribution in [0.3, 0.4) is 0 Å². The van der Waals surface area contributed by atoms with E-state index in [1.165, 1.54) is 30.5 Å². The van der Waals surface area contributed by atoms with Gasteiger partial charge in [-0.05, 0) is 53.9 Å². The minimum Gasteiger partial charge on any atom is -0.478 e. The summed E-state index contributed by atoms with van der Waals surface area (Å²) in [5.74, 6) is -1.34. The number of thiazole rings is 1. The lowest BCUT2D eigenvalue weighted by Gasteiger charge is -2.24. The number of aromatic nitrogens is 3. The molecular formula is C24H19F3N4O4S. The predicted octanol–water partition coefficient (Wildman–Crippen LogP) is 4.60. The van der Waals surface area contributed by atoms with Crippen LogP contribution in [0.4, 0.5) is 24.8 Å². The van der Waals surface area contributed by atoms with E-state index < -0.39 is 30.0 Å². The molecule has 0 saturated carbocycles. The Morgan fingerprint density at radius 1 is 1.08 bits per heavy atom. The average molecular weight is 517 g/mol. The van der Waals surface area contributed by atoms with Gasteiger partial charge < -0.3 is 20.6 Å². The topological polar surface area (TPSA) is 128 Å². The van der Waals surface area contributed by atoms with E-state index in [2.05, 4.69) is 20.3 Å². The van der Waals surface area contributed by atoms with Crippen LogP contribution < -0.4 is 5.32 Å². The minimum absolute atomic E-state index is 0.0309. The van der Waals surface area contributed by atoms with Crippen LogP contribution in [-0.4, -0.2) is 42.8 Å². The van der Waals surface area contributed by atoms with Crippen molar-refractivity contribution in [3.8, 4) is 10.4 Å². The van der Waals surface area contributed by atoms with Gasteiger partial charge in [0.15, 0.2) is 5.60 Å². The first-order chi connectivity index (χ1) is 17.0. The number of aryl methyl sites for hydroxylation is 1. The molecule has 0 bridgehead atoms. The molecule has 8 nitrogen and oxygen atoms in total. The van der Waals surface area contributed by atoms with Gasteiger partial charge in [0.1, 0.15) is 10.7 Å². The van der Waals surface area contributed by atoms with Crippen LogP contribution in [0.15, 0.2) is 60.9 Å². The number of aliphatic hydroxyl groups is 2. The first kappa shape index (κ1) is 25.2. The van der Waals surface area contributed by atoms with Crippen molar-refractivity contribution in [1.29, 1.82) is 0 Å². The molecule has 0 amide bonds. The molecule has 0 saturated heterocycles. The first-order valence-corrected chi connectivity index (χ1v) is 11.2. The van der Waals surface area contributed by atoms with E-state index in [0.29, 0.717) is 16.1 Å². The summed E-state index contributed by atoms with van der Waals surface area (Å²) in [7, 11) is 0. The number of nitrogens with zero attached hydrogens (tertiary/aromatic N) is 3. The van der Waals surface area contributed by atoms with E-state index in [9.17, 15) is 28.2 Å². The standard InChI is InChI=1S/C24H19F3N4O4S/c1-13-8-15(10-17(9-13)30-22-28-7-6-19(31-22)24(25,26)27)18-11-29-21(36-18)23(35,12-32)16-4-2-14(3-5-16)20(33)34/h2-11,32,35H,12H2,1H3,(H,33,34)(H,28,30,31)/t23-/m0/s1. The fraction of sp³-hybridized carbons (Fsp3) is 0.167. The zero-order chi connectivity index (χ0) is 26.1. The van der Waals surface area contributed by atoms with Gasteiger partial charge in [-0.1, -0.05) is 18.2 Å². The number of carboxylic acids is 1. The van der Waals surface area contributed by atoms with Crippen molar-refractivity contribution < 1.29 is 33.3 Å². The maximum Gasteiger partial charge on any atom is 0.433 e. The minimum atomic E-state index is -4.60. The number of anilines is 2. The van der Waals surface area contributed by atoms with E-state index in [-0.39, 0.29) is 22.1 Å².